The number of hydrogen-bond acceptors (Lipinski definition) is 1. The molecule has 1 atom stereocenters. The van der Waals surface area contributed by atoms with Crippen molar-refractivity contribution in [3.05, 3.63) is 69.7 Å². The van der Waals surface area contributed by atoms with Crippen molar-refractivity contribution in [2.45, 2.75) is 18.9 Å². The van der Waals surface area contributed by atoms with Crippen molar-refractivity contribution in [2.24, 2.45) is 5.73 Å². The Morgan fingerprint density at radius 3 is 2.21 bits per heavy atom. The fraction of sp³-hybridized carbons (Fsp3) is 0.200. The molecular weight excluding hydrogens is 312 g/mol. The van der Waals surface area contributed by atoms with E-state index in [1.54, 1.807) is 24.3 Å². The summed E-state index contributed by atoms with van der Waals surface area (Å²) in [5.41, 5.74) is 7.40. The van der Waals surface area contributed by atoms with Gasteiger partial charge in [0, 0.05) is 6.04 Å². The number of benzene rings is 2. The van der Waals surface area contributed by atoms with Crippen LogP contribution in [0.2, 0.25) is 0 Å². The van der Waals surface area contributed by atoms with Crippen LogP contribution in [0.3, 0.4) is 0 Å². The van der Waals surface area contributed by atoms with Gasteiger partial charge in [0.1, 0.15) is 11.6 Å². The number of halogens is 3. The summed E-state index contributed by atoms with van der Waals surface area (Å²) in [6, 6.07) is 11.2. The van der Waals surface area contributed by atoms with E-state index in [0.29, 0.717) is 22.9 Å². The van der Waals surface area contributed by atoms with E-state index in [4.69, 9.17) is 5.73 Å². The van der Waals surface area contributed by atoms with Crippen LogP contribution in [0.5, 0.6) is 0 Å². The molecule has 100 valence electrons. The van der Waals surface area contributed by atoms with Crippen molar-refractivity contribution in [1.82, 2.24) is 0 Å². The number of nitrogens with two attached hydrogens (primary N) is 1. The second-order valence-electron chi connectivity index (χ2n) is 4.47. The first-order valence-electron chi connectivity index (χ1n) is 6.00. The van der Waals surface area contributed by atoms with Crippen LogP contribution in [0.25, 0.3) is 0 Å². The van der Waals surface area contributed by atoms with Crippen molar-refractivity contribution in [2.75, 3.05) is 0 Å². The molecule has 1 unspecified atom stereocenters. The third kappa shape index (κ3) is 3.61. The Morgan fingerprint density at radius 1 is 0.895 bits per heavy atom. The molecule has 2 rings (SSSR count). The van der Waals surface area contributed by atoms with Crippen LogP contribution in [0.1, 0.15) is 11.1 Å². The number of hydrogen-bond donors (Lipinski definition) is 1. The van der Waals surface area contributed by atoms with Crippen molar-refractivity contribution in [3.63, 3.8) is 0 Å². The largest absolute Gasteiger partial charge is 0.327 e. The first-order valence-corrected chi connectivity index (χ1v) is 6.79. The van der Waals surface area contributed by atoms with Gasteiger partial charge < -0.3 is 5.73 Å². The molecule has 0 aliphatic heterocycles. The third-order valence-corrected chi connectivity index (χ3v) is 3.84. The Morgan fingerprint density at radius 2 is 1.47 bits per heavy atom. The molecule has 0 bridgehead atoms. The van der Waals surface area contributed by atoms with Gasteiger partial charge in [-0.05, 0) is 52.0 Å². The van der Waals surface area contributed by atoms with Gasteiger partial charge >= 0.3 is 0 Å². The summed E-state index contributed by atoms with van der Waals surface area (Å²) in [6.07, 6.45) is 0.919. The van der Waals surface area contributed by atoms with Gasteiger partial charge in [-0.15, -0.1) is 0 Å². The molecule has 0 aliphatic carbocycles. The predicted molar refractivity (Wildman–Crippen MR) is 75.9 cm³/mol. The van der Waals surface area contributed by atoms with E-state index in [-0.39, 0.29) is 17.7 Å². The summed E-state index contributed by atoms with van der Waals surface area (Å²) in [6.45, 7) is 0. The van der Waals surface area contributed by atoms with Crippen LogP contribution in [0.15, 0.2) is 46.9 Å². The van der Waals surface area contributed by atoms with Crippen LogP contribution in [-0.2, 0) is 12.8 Å². The van der Waals surface area contributed by atoms with E-state index in [1.807, 2.05) is 6.07 Å². The van der Waals surface area contributed by atoms with Gasteiger partial charge in [-0.1, -0.05) is 30.3 Å². The Labute approximate surface area is 119 Å². The van der Waals surface area contributed by atoms with Crippen molar-refractivity contribution >= 4 is 15.9 Å². The van der Waals surface area contributed by atoms with Crippen LogP contribution in [-0.4, -0.2) is 6.04 Å². The highest BCUT2D eigenvalue weighted by Crippen LogP contribution is 2.22. The Bertz CT molecular complexity index is 572. The summed E-state index contributed by atoms with van der Waals surface area (Å²) < 4.78 is 27.3. The van der Waals surface area contributed by atoms with E-state index in [9.17, 15) is 8.78 Å². The first kappa shape index (κ1) is 14.2. The molecule has 2 aromatic carbocycles. The summed E-state index contributed by atoms with van der Waals surface area (Å²) >= 11 is 3.20. The maximum atomic E-state index is 13.5. The molecule has 2 aromatic rings. The van der Waals surface area contributed by atoms with Gasteiger partial charge in [-0.3, -0.25) is 0 Å². The third-order valence-electron chi connectivity index (χ3n) is 2.95. The van der Waals surface area contributed by atoms with E-state index >= 15 is 0 Å². The SMILES string of the molecule is NC(Cc1ccccc1F)Cc1cccc(F)c1Br. The van der Waals surface area contributed by atoms with E-state index in [1.165, 1.54) is 12.1 Å². The zero-order chi connectivity index (χ0) is 13.8. The zero-order valence-corrected chi connectivity index (χ0v) is 11.8. The smallest absolute Gasteiger partial charge is 0.137 e. The summed E-state index contributed by atoms with van der Waals surface area (Å²) in [5, 5.41) is 0. The molecule has 0 aliphatic rings. The van der Waals surface area contributed by atoms with Gasteiger partial charge in [-0.25, -0.2) is 8.78 Å². The maximum absolute atomic E-state index is 13.5. The molecule has 4 heteroatoms. The molecule has 1 nitrogen and oxygen atoms in total. The minimum atomic E-state index is -0.310. The molecule has 0 heterocycles. The van der Waals surface area contributed by atoms with Gasteiger partial charge in [0.15, 0.2) is 0 Å². The number of rotatable bonds is 4. The fourth-order valence-corrected chi connectivity index (χ4v) is 2.43. The molecule has 0 aromatic heterocycles. The van der Waals surface area contributed by atoms with Crippen molar-refractivity contribution in [3.8, 4) is 0 Å². The van der Waals surface area contributed by atoms with Crippen LogP contribution in [0, 0.1) is 11.6 Å². The topological polar surface area (TPSA) is 26.0 Å². The fourth-order valence-electron chi connectivity index (χ4n) is 2.01. The summed E-state index contributed by atoms with van der Waals surface area (Å²) in [7, 11) is 0. The van der Waals surface area contributed by atoms with Crippen molar-refractivity contribution in [1.29, 1.82) is 0 Å². The Balaban J connectivity index is 2.08. The minimum absolute atomic E-state index is 0.253. The normalized spacial score (nSPS) is 12.4. The Kier molecular flexibility index (Phi) is 4.66. The van der Waals surface area contributed by atoms with Crippen LogP contribution < -0.4 is 5.73 Å². The van der Waals surface area contributed by atoms with Gasteiger partial charge in [0.05, 0.1) is 4.47 Å². The highest BCUT2D eigenvalue weighted by molar-refractivity contribution is 9.10. The van der Waals surface area contributed by atoms with Crippen LogP contribution >= 0.6 is 15.9 Å². The molecule has 0 amide bonds. The highest BCUT2D eigenvalue weighted by Gasteiger charge is 2.12. The van der Waals surface area contributed by atoms with Crippen LogP contribution in [0.4, 0.5) is 8.78 Å². The Hall–Kier alpha value is -1.26. The molecule has 0 spiro atoms. The lowest BCUT2D eigenvalue weighted by atomic mass is 9.99. The lowest BCUT2D eigenvalue weighted by Gasteiger charge is -2.13. The molecular formula is C15H14BrF2N. The monoisotopic (exact) mass is 325 g/mol. The van der Waals surface area contributed by atoms with E-state index < -0.39 is 0 Å². The van der Waals surface area contributed by atoms with Gasteiger partial charge in [0.2, 0.25) is 0 Å². The predicted octanol–water partition coefficient (Wildman–Crippen LogP) is 3.84. The molecule has 2 N–H and O–H groups in total. The summed E-state index contributed by atoms with van der Waals surface area (Å²) in [5.74, 6) is -0.563. The quantitative estimate of drug-likeness (QED) is 0.908. The van der Waals surface area contributed by atoms with E-state index in [0.717, 1.165) is 5.56 Å². The summed E-state index contributed by atoms with van der Waals surface area (Å²) in [4.78, 5) is 0. The lowest BCUT2D eigenvalue weighted by Crippen LogP contribution is -2.26. The molecule has 0 radical (unpaired) electrons. The molecule has 0 saturated heterocycles. The zero-order valence-electron chi connectivity index (χ0n) is 10.2. The molecule has 19 heavy (non-hydrogen) atoms. The average molecular weight is 326 g/mol. The highest BCUT2D eigenvalue weighted by atomic mass is 79.9. The second kappa shape index (κ2) is 6.26. The minimum Gasteiger partial charge on any atom is -0.327 e. The van der Waals surface area contributed by atoms with Gasteiger partial charge in [-0.2, -0.15) is 0 Å². The maximum Gasteiger partial charge on any atom is 0.137 e. The van der Waals surface area contributed by atoms with E-state index in [2.05, 4.69) is 15.9 Å². The molecule has 0 saturated carbocycles. The van der Waals surface area contributed by atoms with Gasteiger partial charge in [0.25, 0.3) is 0 Å². The first-order chi connectivity index (χ1) is 9.08. The van der Waals surface area contributed by atoms with Crippen molar-refractivity contribution < 1.29 is 8.78 Å². The average Bonchev–Trinajstić information content (AvgIpc) is 2.38. The lowest BCUT2D eigenvalue weighted by molar-refractivity contribution is 0.580. The second-order valence-corrected chi connectivity index (χ2v) is 5.27. The molecule has 0 fully saturated rings. The standard InChI is InChI=1S/C15H14BrF2N/c16-15-11(5-3-7-14(15)18)9-12(19)8-10-4-1-2-6-13(10)17/h1-7,12H,8-9,19H2.